The maximum absolute atomic E-state index is 12.0. The zero-order valence-corrected chi connectivity index (χ0v) is 11.0. The molecule has 0 aromatic rings. The summed E-state index contributed by atoms with van der Waals surface area (Å²) in [7, 11) is 0. The molecule has 3 unspecified atom stereocenters. The fourth-order valence-electron chi connectivity index (χ4n) is 2.37. The first kappa shape index (κ1) is 13.5. The average Bonchev–Trinajstić information content (AvgIpc) is 2.56. The van der Waals surface area contributed by atoms with Gasteiger partial charge in [-0.2, -0.15) is 0 Å². The third-order valence-corrected chi connectivity index (χ3v) is 4.13. The second-order valence-electron chi connectivity index (χ2n) is 5.85. The molecule has 94 valence electrons. The van der Waals surface area contributed by atoms with E-state index in [1.54, 1.807) is 0 Å². The number of hydrogen-bond acceptors (Lipinski definition) is 2. The van der Waals surface area contributed by atoms with E-state index < -0.39 is 0 Å². The molecule has 0 aliphatic heterocycles. The zero-order chi connectivity index (χ0) is 12.3. The van der Waals surface area contributed by atoms with Crippen molar-refractivity contribution in [2.24, 2.45) is 17.1 Å². The zero-order valence-electron chi connectivity index (χ0n) is 11.0. The normalized spacial score (nSPS) is 27.4. The van der Waals surface area contributed by atoms with Crippen molar-refractivity contribution in [1.29, 1.82) is 0 Å². The van der Waals surface area contributed by atoms with Gasteiger partial charge in [-0.15, -0.1) is 0 Å². The van der Waals surface area contributed by atoms with Gasteiger partial charge in [-0.25, -0.2) is 0 Å². The molecule has 0 bridgehead atoms. The van der Waals surface area contributed by atoms with E-state index in [9.17, 15) is 4.79 Å². The molecule has 1 aliphatic carbocycles. The van der Waals surface area contributed by atoms with Crippen LogP contribution in [0, 0.1) is 11.3 Å². The van der Waals surface area contributed by atoms with Gasteiger partial charge in [-0.3, -0.25) is 4.79 Å². The Morgan fingerprint density at radius 2 is 2.19 bits per heavy atom. The quantitative estimate of drug-likeness (QED) is 0.771. The van der Waals surface area contributed by atoms with Gasteiger partial charge in [0, 0.05) is 6.04 Å². The topological polar surface area (TPSA) is 55.1 Å². The minimum absolute atomic E-state index is 0.0225. The lowest BCUT2D eigenvalue weighted by atomic mass is 9.87. The van der Waals surface area contributed by atoms with Crippen LogP contribution in [-0.2, 0) is 4.79 Å². The molecule has 1 fully saturated rings. The average molecular weight is 226 g/mol. The summed E-state index contributed by atoms with van der Waals surface area (Å²) in [4.78, 5) is 12.0. The molecule has 1 rings (SSSR count). The fraction of sp³-hybridized carbons (Fsp3) is 0.923. The molecule has 0 aromatic carbocycles. The van der Waals surface area contributed by atoms with Gasteiger partial charge in [0.25, 0.3) is 0 Å². The van der Waals surface area contributed by atoms with E-state index in [2.05, 4.69) is 26.1 Å². The van der Waals surface area contributed by atoms with Crippen molar-refractivity contribution in [2.45, 2.75) is 65.5 Å². The predicted molar refractivity (Wildman–Crippen MR) is 67.0 cm³/mol. The molecule has 1 aliphatic rings. The predicted octanol–water partition coefficient (Wildman–Crippen LogP) is 2.05. The molecule has 16 heavy (non-hydrogen) atoms. The summed E-state index contributed by atoms with van der Waals surface area (Å²) in [5.41, 5.74) is 6.15. The SMILES string of the molecule is CCC(C)C(N)C(=O)NC1CCCC1(C)C. The fourth-order valence-corrected chi connectivity index (χ4v) is 2.37. The Balaban J connectivity index is 2.51. The molecule has 1 saturated carbocycles. The summed E-state index contributed by atoms with van der Waals surface area (Å²) in [6, 6.07) is -0.0588. The Morgan fingerprint density at radius 1 is 1.56 bits per heavy atom. The van der Waals surface area contributed by atoms with Crippen LogP contribution in [0.2, 0.25) is 0 Å². The second-order valence-corrected chi connectivity index (χ2v) is 5.85. The Bertz CT molecular complexity index is 250. The standard InChI is InChI=1S/C13H26N2O/c1-5-9(2)11(14)12(16)15-10-7-6-8-13(10,3)4/h9-11H,5-8,14H2,1-4H3,(H,15,16). The van der Waals surface area contributed by atoms with Crippen LogP contribution in [0.4, 0.5) is 0 Å². The second kappa shape index (κ2) is 5.17. The summed E-state index contributed by atoms with van der Waals surface area (Å²) in [5, 5.41) is 3.12. The number of nitrogens with one attached hydrogen (secondary N) is 1. The Morgan fingerprint density at radius 3 is 2.62 bits per heavy atom. The van der Waals surface area contributed by atoms with Crippen LogP contribution in [0.15, 0.2) is 0 Å². The maximum atomic E-state index is 12.0. The van der Waals surface area contributed by atoms with Gasteiger partial charge in [-0.1, -0.05) is 40.5 Å². The summed E-state index contributed by atoms with van der Waals surface area (Å²) in [5.74, 6) is 0.277. The monoisotopic (exact) mass is 226 g/mol. The van der Waals surface area contributed by atoms with Crippen molar-refractivity contribution in [3.8, 4) is 0 Å². The number of amides is 1. The van der Waals surface area contributed by atoms with Gasteiger partial charge in [0.15, 0.2) is 0 Å². The number of rotatable bonds is 4. The first-order valence-corrected chi connectivity index (χ1v) is 6.44. The van der Waals surface area contributed by atoms with Gasteiger partial charge in [0.1, 0.15) is 0 Å². The first-order chi connectivity index (χ1) is 7.38. The number of nitrogens with two attached hydrogens (primary N) is 1. The van der Waals surface area contributed by atoms with Crippen LogP contribution in [0.3, 0.4) is 0 Å². The van der Waals surface area contributed by atoms with Gasteiger partial charge in [0.2, 0.25) is 5.91 Å². The smallest absolute Gasteiger partial charge is 0.237 e. The third-order valence-electron chi connectivity index (χ3n) is 4.13. The lowest BCUT2D eigenvalue weighted by molar-refractivity contribution is -0.124. The lowest BCUT2D eigenvalue weighted by Crippen LogP contribution is -2.50. The summed E-state index contributed by atoms with van der Waals surface area (Å²) < 4.78 is 0. The third kappa shape index (κ3) is 2.97. The van der Waals surface area contributed by atoms with Crippen LogP contribution >= 0.6 is 0 Å². The van der Waals surface area contributed by atoms with Crippen LogP contribution in [-0.4, -0.2) is 18.0 Å². The van der Waals surface area contributed by atoms with Crippen molar-refractivity contribution < 1.29 is 4.79 Å². The van der Waals surface area contributed by atoms with Crippen molar-refractivity contribution in [3.63, 3.8) is 0 Å². The summed E-state index contributed by atoms with van der Waals surface area (Å²) >= 11 is 0. The summed E-state index contributed by atoms with van der Waals surface area (Å²) in [6.45, 7) is 8.54. The molecular formula is C13H26N2O. The summed E-state index contributed by atoms with van der Waals surface area (Å²) in [6.07, 6.45) is 4.43. The van der Waals surface area contributed by atoms with Crippen LogP contribution < -0.4 is 11.1 Å². The van der Waals surface area contributed by atoms with E-state index >= 15 is 0 Å². The molecule has 1 amide bonds. The first-order valence-electron chi connectivity index (χ1n) is 6.44. The molecule has 3 N–H and O–H groups in total. The molecule has 3 atom stereocenters. The van der Waals surface area contributed by atoms with E-state index in [0.29, 0.717) is 6.04 Å². The highest BCUT2D eigenvalue weighted by Gasteiger charge is 2.36. The molecule has 0 aromatic heterocycles. The molecule has 3 nitrogen and oxygen atoms in total. The van der Waals surface area contributed by atoms with Gasteiger partial charge in [-0.05, 0) is 24.2 Å². The lowest BCUT2D eigenvalue weighted by Gasteiger charge is -2.29. The van der Waals surface area contributed by atoms with Crippen molar-refractivity contribution in [2.75, 3.05) is 0 Å². The van der Waals surface area contributed by atoms with Gasteiger partial charge < -0.3 is 11.1 Å². The molecule has 0 spiro atoms. The van der Waals surface area contributed by atoms with Crippen molar-refractivity contribution >= 4 is 5.91 Å². The van der Waals surface area contributed by atoms with E-state index in [0.717, 1.165) is 12.8 Å². The Kier molecular flexibility index (Phi) is 4.36. The van der Waals surface area contributed by atoms with Crippen LogP contribution in [0.25, 0.3) is 0 Å². The molecule has 0 radical (unpaired) electrons. The number of carbonyl (C=O) groups excluding carboxylic acids is 1. The van der Waals surface area contributed by atoms with E-state index in [1.165, 1.54) is 12.8 Å². The maximum Gasteiger partial charge on any atom is 0.237 e. The highest BCUT2D eigenvalue weighted by atomic mass is 16.2. The van der Waals surface area contributed by atoms with Gasteiger partial charge >= 0.3 is 0 Å². The minimum Gasteiger partial charge on any atom is -0.351 e. The highest BCUT2D eigenvalue weighted by molar-refractivity contribution is 5.82. The van der Waals surface area contributed by atoms with E-state index in [4.69, 9.17) is 5.73 Å². The van der Waals surface area contributed by atoms with Gasteiger partial charge in [0.05, 0.1) is 6.04 Å². The van der Waals surface area contributed by atoms with Crippen LogP contribution in [0.1, 0.15) is 53.4 Å². The van der Waals surface area contributed by atoms with Crippen molar-refractivity contribution in [3.05, 3.63) is 0 Å². The van der Waals surface area contributed by atoms with Crippen molar-refractivity contribution in [1.82, 2.24) is 5.32 Å². The van der Waals surface area contributed by atoms with E-state index in [-0.39, 0.29) is 23.3 Å². The Hall–Kier alpha value is -0.570. The largest absolute Gasteiger partial charge is 0.351 e. The molecule has 0 saturated heterocycles. The van der Waals surface area contributed by atoms with Crippen LogP contribution in [0.5, 0.6) is 0 Å². The molecule has 3 heteroatoms. The highest BCUT2D eigenvalue weighted by Crippen LogP contribution is 2.37. The number of carbonyl (C=O) groups is 1. The Labute approximate surface area is 99.2 Å². The number of hydrogen-bond donors (Lipinski definition) is 2. The van der Waals surface area contributed by atoms with E-state index in [1.807, 2.05) is 6.92 Å². The molecule has 0 heterocycles. The minimum atomic E-state index is -0.360. The molecular weight excluding hydrogens is 200 g/mol.